The van der Waals surface area contributed by atoms with E-state index < -0.39 is 0 Å². The van der Waals surface area contributed by atoms with E-state index in [4.69, 9.17) is 4.74 Å². The summed E-state index contributed by atoms with van der Waals surface area (Å²) < 4.78 is 5.06. The molecule has 116 valence electrons. The summed E-state index contributed by atoms with van der Waals surface area (Å²) in [6, 6.07) is 9.80. The van der Waals surface area contributed by atoms with Crippen molar-refractivity contribution in [3.05, 3.63) is 35.9 Å². The largest absolute Gasteiger partial charge is 0.385 e. The number of nitrogens with zero attached hydrogens (tertiary/aromatic N) is 1. The molecule has 2 atom stereocenters. The lowest BCUT2D eigenvalue weighted by Crippen LogP contribution is -2.37. The number of methoxy groups -OCH3 is 1. The number of amides is 1. The maximum absolute atomic E-state index is 12.6. The van der Waals surface area contributed by atoms with E-state index in [1.165, 1.54) is 0 Å². The van der Waals surface area contributed by atoms with Crippen molar-refractivity contribution in [2.75, 3.05) is 20.3 Å². The second-order valence-corrected chi connectivity index (χ2v) is 5.52. The Labute approximate surface area is 127 Å². The second kappa shape index (κ2) is 8.15. The van der Waals surface area contributed by atoms with Gasteiger partial charge in [-0.3, -0.25) is 10.1 Å². The van der Waals surface area contributed by atoms with Crippen molar-refractivity contribution in [1.29, 1.82) is 0 Å². The number of unbranched alkanes of at least 4 members (excludes halogenated alkanes) is 2. The van der Waals surface area contributed by atoms with Gasteiger partial charge in [-0.2, -0.15) is 0 Å². The van der Waals surface area contributed by atoms with Crippen LogP contribution in [-0.2, 0) is 9.53 Å². The summed E-state index contributed by atoms with van der Waals surface area (Å²) in [6.07, 6.45) is 4.29. The van der Waals surface area contributed by atoms with Crippen LogP contribution in [0.1, 0.15) is 44.2 Å². The first-order chi connectivity index (χ1) is 10.3. The van der Waals surface area contributed by atoms with Crippen LogP contribution in [0.2, 0.25) is 0 Å². The first kappa shape index (κ1) is 16.0. The number of rotatable bonds is 8. The van der Waals surface area contributed by atoms with Gasteiger partial charge in [-0.1, -0.05) is 37.3 Å². The van der Waals surface area contributed by atoms with Crippen molar-refractivity contribution < 1.29 is 9.53 Å². The lowest BCUT2D eigenvalue weighted by atomic mass is 10.1. The fourth-order valence-corrected chi connectivity index (χ4v) is 2.87. The van der Waals surface area contributed by atoms with Crippen molar-refractivity contribution in [3.8, 4) is 0 Å². The van der Waals surface area contributed by atoms with Crippen LogP contribution in [-0.4, -0.2) is 37.2 Å². The minimum Gasteiger partial charge on any atom is -0.385 e. The van der Waals surface area contributed by atoms with E-state index >= 15 is 0 Å². The molecule has 2 unspecified atom stereocenters. The molecule has 2 rings (SSSR count). The Kier molecular flexibility index (Phi) is 6.21. The van der Waals surface area contributed by atoms with E-state index in [0.29, 0.717) is 0 Å². The highest BCUT2D eigenvalue weighted by Gasteiger charge is 2.37. The standard InChI is InChI=1S/C17H26N2O2/c1-3-15-18-16(14-10-6-4-7-11-14)17(20)19(15)12-8-5-9-13-21-2/h4,6-7,10-11,15-16,18H,3,5,8-9,12-13H2,1-2H3. The Balaban J connectivity index is 1.93. The summed E-state index contributed by atoms with van der Waals surface area (Å²) in [7, 11) is 1.73. The van der Waals surface area contributed by atoms with Gasteiger partial charge in [-0.15, -0.1) is 0 Å². The number of nitrogens with one attached hydrogen (secondary N) is 1. The Morgan fingerprint density at radius 2 is 1.95 bits per heavy atom. The van der Waals surface area contributed by atoms with E-state index in [1.54, 1.807) is 7.11 Å². The third-order valence-corrected chi connectivity index (χ3v) is 4.03. The average Bonchev–Trinajstić information content (AvgIpc) is 2.84. The van der Waals surface area contributed by atoms with Crippen LogP contribution >= 0.6 is 0 Å². The fraction of sp³-hybridized carbons (Fsp3) is 0.588. The molecule has 0 aromatic heterocycles. The highest BCUT2D eigenvalue weighted by Crippen LogP contribution is 2.25. The first-order valence-corrected chi connectivity index (χ1v) is 7.88. The molecule has 21 heavy (non-hydrogen) atoms. The molecule has 0 spiro atoms. The molecule has 1 amide bonds. The van der Waals surface area contributed by atoms with Crippen LogP contribution in [0.15, 0.2) is 30.3 Å². The number of hydrogen-bond donors (Lipinski definition) is 1. The zero-order valence-electron chi connectivity index (χ0n) is 13.0. The topological polar surface area (TPSA) is 41.6 Å². The van der Waals surface area contributed by atoms with Crippen LogP contribution in [0.3, 0.4) is 0 Å². The Hall–Kier alpha value is -1.39. The molecule has 1 saturated heterocycles. The number of carbonyl (C=O) groups excluding carboxylic acids is 1. The minimum atomic E-state index is -0.185. The zero-order chi connectivity index (χ0) is 15.1. The van der Waals surface area contributed by atoms with Crippen LogP contribution in [0.5, 0.6) is 0 Å². The van der Waals surface area contributed by atoms with Gasteiger partial charge in [0.1, 0.15) is 6.04 Å². The van der Waals surface area contributed by atoms with Gasteiger partial charge in [0.25, 0.3) is 0 Å². The zero-order valence-corrected chi connectivity index (χ0v) is 13.0. The maximum Gasteiger partial charge on any atom is 0.245 e. The Morgan fingerprint density at radius 3 is 2.62 bits per heavy atom. The van der Waals surface area contributed by atoms with Crippen molar-refractivity contribution in [2.24, 2.45) is 0 Å². The molecule has 0 saturated carbocycles. The molecule has 1 aromatic carbocycles. The summed E-state index contributed by atoms with van der Waals surface area (Å²) in [5, 5.41) is 3.46. The third kappa shape index (κ3) is 4.05. The predicted molar refractivity (Wildman–Crippen MR) is 83.8 cm³/mol. The third-order valence-electron chi connectivity index (χ3n) is 4.03. The van der Waals surface area contributed by atoms with Crippen LogP contribution in [0.4, 0.5) is 0 Å². The van der Waals surface area contributed by atoms with E-state index in [-0.39, 0.29) is 18.1 Å². The number of benzene rings is 1. The minimum absolute atomic E-state index is 0.158. The van der Waals surface area contributed by atoms with Gasteiger partial charge in [0.2, 0.25) is 5.91 Å². The highest BCUT2D eigenvalue weighted by molar-refractivity contribution is 5.85. The molecule has 0 radical (unpaired) electrons. The second-order valence-electron chi connectivity index (χ2n) is 5.52. The van der Waals surface area contributed by atoms with Crippen LogP contribution in [0.25, 0.3) is 0 Å². The first-order valence-electron chi connectivity index (χ1n) is 7.88. The van der Waals surface area contributed by atoms with Gasteiger partial charge in [0.05, 0.1) is 6.17 Å². The van der Waals surface area contributed by atoms with Crippen molar-refractivity contribution in [1.82, 2.24) is 10.2 Å². The quantitative estimate of drug-likeness (QED) is 0.749. The molecule has 4 nitrogen and oxygen atoms in total. The van der Waals surface area contributed by atoms with Crippen molar-refractivity contribution in [2.45, 2.75) is 44.8 Å². The summed E-state index contributed by atoms with van der Waals surface area (Å²) in [4.78, 5) is 14.6. The molecule has 0 aliphatic carbocycles. The summed E-state index contributed by atoms with van der Waals surface area (Å²) in [6.45, 7) is 3.75. The number of hydrogen-bond acceptors (Lipinski definition) is 3. The number of ether oxygens (including phenoxy) is 1. The predicted octanol–water partition coefficient (Wildman–Crippen LogP) is 2.71. The van der Waals surface area contributed by atoms with E-state index in [0.717, 1.165) is 44.4 Å². The molecule has 1 heterocycles. The molecule has 1 N–H and O–H groups in total. The van der Waals surface area contributed by atoms with Gasteiger partial charge >= 0.3 is 0 Å². The van der Waals surface area contributed by atoms with Gasteiger partial charge in [-0.25, -0.2) is 0 Å². The Morgan fingerprint density at radius 1 is 1.19 bits per heavy atom. The summed E-state index contributed by atoms with van der Waals surface area (Å²) in [5.74, 6) is 0.208. The normalized spacial score (nSPS) is 22.0. The Bertz CT molecular complexity index is 436. The van der Waals surface area contributed by atoms with Gasteiger partial charge < -0.3 is 9.64 Å². The maximum atomic E-state index is 12.6. The van der Waals surface area contributed by atoms with Crippen molar-refractivity contribution >= 4 is 5.91 Å². The molecular weight excluding hydrogens is 264 g/mol. The summed E-state index contributed by atoms with van der Waals surface area (Å²) >= 11 is 0. The average molecular weight is 290 g/mol. The van der Waals surface area contributed by atoms with E-state index in [1.807, 2.05) is 35.2 Å². The highest BCUT2D eigenvalue weighted by atomic mass is 16.5. The van der Waals surface area contributed by atoms with Crippen LogP contribution < -0.4 is 5.32 Å². The smallest absolute Gasteiger partial charge is 0.245 e. The molecule has 1 aromatic rings. The van der Waals surface area contributed by atoms with E-state index in [2.05, 4.69) is 12.2 Å². The molecule has 1 fully saturated rings. The van der Waals surface area contributed by atoms with Gasteiger partial charge in [-0.05, 0) is 31.2 Å². The fourth-order valence-electron chi connectivity index (χ4n) is 2.87. The van der Waals surface area contributed by atoms with Gasteiger partial charge in [0, 0.05) is 20.3 Å². The van der Waals surface area contributed by atoms with Crippen molar-refractivity contribution in [3.63, 3.8) is 0 Å². The molecule has 0 bridgehead atoms. The molecule has 1 aliphatic heterocycles. The van der Waals surface area contributed by atoms with Crippen LogP contribution in [0, 0.1) is 0 Å². The van der Waals surface area contributed by atoms with E-state index in [9.17, 15) is 4.79 Å². The molecule has 1 aliphatic rings. The summed E-state index contributed by atoms with van der Waals surface area (Å²) in [5.41, 5.74) is 1.06. The lowest BCUT2D eigenvalue weighted by molar-refractivity contribution is -0.130. The molecule has 4 heteroatoms. The van der Waals surface area contributed by atoms with Gasteiger partial charge in [0.15, 0.2) is 0 Å². The SMILES string of the molecule is CCC1NC(c2ccccc2)C(=O)N1CCCCCOC. The number of carbonyl (C=O) groups is 1. The lowest BCUT2D eigenvalue weighted by Gasteiger charge is -2.22. The monoisotopic (exact) mass is 290 g/mol. The molecular formula is C17H26N2O2.